The highest BCUT2D eigenvalue weighted by Crippen LogP contribution is 2.15. The normalized spacial score (nSPS) is 15.0. The van der Waals surface area contributed by atoms with Gasteiger partial charge in [-0.25, -0.2) is 13.1 Å². The summed E-state index contributed by atoms with van der Waals surface area (Å²) in [7, 11) is -3.44. The van der Waals surface area contributed by atoms with Crippen molar-refractivity contribution < 1.29 is 8.42 Å². The molecule has 0 saturated carbocycles. The zero-order valence-corrected chi connectivity index (χ0v) is 13.9. The van der Waals surface area contributed by atoms with Gasteiger partial charge in [0.15, 0.2) is 0 Å². The zero-order valence-electron chi connectivity index (χ0n) is 12.3. The van der Waals surface area contributed by atoms with Gasteiger partial charge in [0.1, 0.15) is 0 Å². The number of nitrogens with two attached hydrogens (primary N) is 1. The number of hydrogen-bond acceptors (Lipinski definition) is 4. The fourth-order valence-electron chi connectivity index (χ4n) is 1.75. The highest BCUT2D eigenvalue weighted by molar-refractivity contribution is 7.99. The smallest absolute Gasteiger partial charge is 0.240 e. The van der Waals surface area contributed by atoms with Crippen LogP contribution in [0.15, 0.2) is 29.2 Å². The van der Waals surface area contributed by atoms with Crippen LogP contribution in [0.1, 0.15) is 38.8 Å². The molecule has 114 valence electrons. The molecule has 0 spiro atoms. The quantitative estimate of drug-likeness (QED) is 0.723. The molecule has 2 unspecified atom stereocenters. The van der Waals surface area contributed by atoms with E-state index < -0.39 is 10.0 Å². The minimum Gasteiger partial charge on any atom is -0.324 e. The summed E-state index contributed by atoms with van der Waals surface area (Å²) in [5, 5.41) is 0. The lowest BCUT2D eigenvalue weighted by Gasteiger charge is -2.14. The first kappa shape index (κ1) is 17.5. The van der Waals surface area contributed by atoms with E-state index in [1.165, 1.54) is 0 Å². The van der Waals surface area contributed by atoms with E-state index in [0.29, 0.717) is 0 Å². The summed E-state index contributed by atoms with van der Waals surface area (Å²) in [6.45, 7) is 5.86. The van der Waals surface area contributed by atoms with Crippen LogP contribution >= 0.6 is 11.8 Å². The zero-order chi connectivity index (χ0) is 15.2. The first-order chi connectivity index (χ1) is 9.36. The molecule has 3 N–H and O–H groups in total. The summed E-state index contributed by atoms with van der Waals surface area (Å²) >= 11 is 1.81. The highest BCUT2D eigenvalue weighted by atomic mass is 32.2. The molecule has 1 aromatic carbocycles. The molecule has 0 aromatic heterocycles. The van der Waals surface area contributed by atoms with E-state index in [0.717, 1.165) is 23.5 Å². The Labute approximate surface area is 126 Å². The fourth-order valence-corrected chi connectivity index (χ4v) is 3.83. The van der Waals surface area contributed by atoms with E-state index >= 15 is 0 Å². The molecule has 0 radical (unpaired) electrons. The SMILES string of the molecule is CCSCCC(C)NS(=O)(=O)c1ccc(C(C)N)cc1. The Bertz CT molecular complexity index is 498. The molecule has 0 aliphatic rings. The van der Waals surface area contributed by atoms with Gasteiger partial charge in [-0.3, -0.25) is 0 Å². The molecule has 6 heteroatoms. The van der Waals surface area contributed by atoms with Crippen LogP contribution < -0.4 is 10.5 Å². The molecule has 0 bridgehead atoms. The van der Waals surface area contributed by atoms with Gasteiger partial charge in [-0.2, -0.15) is 11.8 Å². The molecule has 0 fully saturated rings. The molecule has 2 atom stereocenters. The highest BCUT2D eigenvalue weighted by Gasteiger charge is 2.17. The van der Waals surface area contributed by atoms with Crippen LogP contribution in [0.3, 0.4) is 0 Å². The van der Waals surface area contributed by atoms with Crippen molar-refractivity contribution in [1.29, 1.82) is 0 Å². The lowest BCUT2D eigenvalue weighted by atomic mass is 10.1. The molecule has 1 aromatic rings. The van der Waals surface area contributed by atoms with Gasteiger partial charge in [0, 0.05) is 12.1 Å². The molecule has 0 aliphatic carbocycles. The van der Waals surface area contributed by atoms with Crippen LogP contribution in [-0.2, 0) is 10.0 Å². The van der Waals surface area contributed by atoms with E-state index in [2.05, 4.69) is 11.6 Å². The Morgan fingerprint density at radius 3 is 2.35 bits per heavy atom. The van der Waals surface area contributed by atoms with E-state index in [9.17, 15) is 8.42 Å². The maximum atomic E-state index is 12.2. The van der Waals surface area contributed by atoms with E-state index in [1.807, 2.05) is 25.6 Å². The summed E-state index contributed by atoms with van der Waals surface area (Å²) in [5.74, 6) is 2.02. The van der Waals surface area contributed by atoms with Gasteiger partial charge in [-0.15, -0.1) is 0 Å². The topological polar surface area (TPSA) is 72.2 Å². The van der Waals surface area contributed by atoms with Crippen LogP contribution in [0.2, 0.25) is 0 Å². The Hall–Kier alpha value is -0.560. The second kappa shape index (κ2) is 8.02. The summed E-state index contributed by atoms with van der Waals surface area (Å²) in [6.07, 6.45) is 0.829. The predicted molar refractivity (Wildman–Crippen MR) is 86.4 cm³/mol. The van der Waals surface area contributed by atoms with Gasteiger partial charge < -0.3 is 5.73 Å². The Balaban J connectivity index is 2.68. The van der Waals surface area contributed by atoms with Gasteiger partial charge >= 0.3 is 0 Å². The lowest BCUT2D eigenvalue weighted by molar-refractivity contribution is 0.557. The van der Waals surface area contributed by atoms with Crippen molar-refractivity contribution in [2.75, 3.05) is 11.5 Å². The minimum atomic E-state index is -3.44. The van der Waals surface area contributed by atoms with Crippen molar-refractivity contribution in [3.8, 4) is 0 Å². The maximum absolute atomic E-state index is 12.2. The van der Waals surface area contributed by atoms with Crippen LogP contribution in [0, 0.1) is 0 Å². The third kappa shape index (κ3) is 5.44. The average Bonchev–Trinajstić information content (AvgIpc) is 2.38. The summed E-state index contributed by atoms with van der Waals surface area (Å²) in [6, 6.07) is 6.58. The van der Waals surface area contributed by atoms with Crippen molar-refractivity contribution in [2.24, 2.45) is 5.73 Å². The molecular weight excluding hydrogens is 292 g/mol. The van der Waals surface area contributed by atoms with Gasteiger partial charge in [-0.1, -0.05) is 19.1 Å². The number of benzene rings is 1. The molecule has 1 rings (SSSR count). The van der Waals surface area contributed by atoms with E-state index in [4.69, 9.17) is 5.73 Å². The molecule has 20 heavy (non-hydrogen) atoms. The standard InChI is InChI=1S/C14H24N2O2S2/c1-4-19-10-9-11(2)16-20(17,18)14-7-5-13(6-8-14)12(3)15/h5-8,11-12,16H,4,9-10,15H2,1-3H3. The summed E-state index contributed by atoms with van der Waals surface area (Å²) < 4.78 is 27.1. The first-order valence-corrected chi connectivity index (χ1v) is 9.46. The minimum absolute atomic E-state index is 0.0628. The van der Waals surface area contributed by atoms with Gasteiger partial charge in [0.25, 0.3) is 0 Å². The molecule has 0 heterocycles. The average molecular weight is 316 g/mol. The largest absolute Gasteiger partial charge is 0.324 e. The molecular formula is C14H24N2O2S2. The monoisotopic (exact) mass is 316 g/mol. The van der Waals surface area contributed by atoms with Crippen molar-refractivity contribution in [3.63, 3.8) is 0 Å². The van der Waals surface area contributed by atoms with Gasteiger partial charge in [-0.05, 0) is 49.5 Å². The van der Waals surface area contributed by atoms with Crippen molar-refractivity contribution in [1.82, 2.24) is 4.72 Å². The molecule has 0 aliphatic heterocycles. The number of sulfonamides is 1. The van der Waals surface area contributed by atoms with E-state index in [-0.39, 0.29) is 17.0 Å². The second-order valence-electron chi connectivity index (χ2n) is 4.87. The van der Waals surface area contributed by atoms with Gasteiger partial charge in [0.2, 0.25) is 10.0 Å². The fraction of sp³-hybridized carbons (Fsp3) is 0.571. The van der Waals surface area contributed by atoms with Crippen molar-refractivity contribution in [3.05, 3.63) is 29.8 Å². The third-order valence-electron chi connectivity index (χ3n) is 2.97. The predicted octanol–water partition coefficient (Wildman–Crippen LogP) is 2.52. The second-order valence-corrected chi connectivity index (χ2v) is 7.97. The van der Waals surface area contributed by atoms with Crippen LogP contribution in [0.25, 0.3) is 0 Å². The maximum Gasteiger partial charge on any atom is 0.240 e. The van der Waals surface area contributed by atoms with Crippen molar-refractivity contribution >= 4 is 21.8 Å². The van der Waals surface area contributed by atoms with Crippen LogP contribution in [0.4, 0.5) is 0 Å². The Morgan fingerprint density at radius 1 is 1.25 bits per heavy atom. The first-order valence-electron chi connectivity index (χ1n) is 6.82. The Kier molecular flexibility index (Phi) is 7.02. The number of rotatable bonds is 8. The lowest BCUT2D eigenvalue weighted by Crippen LogP contribution is -2.33. The number of nitrogens with one attached hydrogen (secondary N) is 1. The molecule has 0 saturated heterocycles. The van der Waals surface area contributed by atoms with E-state index in [1.54, 1.807) is 24.3 Å². The van der Waals surface area contributed by atoms with Crippen LogP contribution in [-0.4, -0.2) is 26.0 Å². The van der Waals surface area contributed by atoms with Crippen molar-refractivity contribution in [2.45, 2.75) is 44.2 Å². The molecule has 0 amide bonds. The third-order valence-corrected chi connectivity index (χ3v) is 5.51. The summed E-state index contributed by atoms with van der Waals surface area (Å²) in [5.41, 5.74) is 6.68. The number of thioether (sulfide) groups is 1. The summed E-state index contributed by atoms with van der Waals surface area (Å²) in [4.78, 5) is 0.289. The van der Waals surface area contributed by atoms with Gasteiger partial charge in [0.05, 0.1) is 4.90 Å². The Morgan fingerprint density at radius 2 is 1.85 bits per heavy atom. The van der Waals surface area contributed by atoms with Crippen LogP contribution in [0.5, 0.6) is 0 Å². The number of hydrogen-bond donors (Lipinski definition) is 2. The molecule has 4 nitrogen and oxygen atoms in total.